The molecule has 0 bridgehead atoms. The minimum atomic E-state index is -0.803. The van der Waals surface area contributed by atoms with Gasteiger partial charge in [-0.1, -0.05) is 251 Å². The summed E-state index contributed by atoms with van der Waals surface area (Å²) in [5, 5.41) is 0. The number of carbonyl (C=O) groups excluding carboxylic acids is 3. The van der Waals surface area contributed by atoms with Gasteiger partial charge in [-0.2, -0.15) is 0 Å². The Labute approximate surface area is 468 Å². The molecule has 0 aliphatic rings. The number of esters is 3. The molecule has 0 aromatic carbocycles. The molecule has 0 saturated carbocycles. The van der Waals surface area contributed by atoms with E-state index in [0.29, 0.717) is 19.3 Å². The van der Waals surface area contributed by atoms with Gasteiger partial charge in [0, 0.05) is 19.3 Å². The van der Waals surface area contributed by atoms with Crippen LogP contribution in [0.2, 0.25) is 0 Å². The second-order valence-corrected chi connectivity index (χ2v) is 20.2. The first kappa shape index (κ1) is 71.5. The Morgan fingerprint density at radius 3 is 0.803 bits per heavy atom. The first-order valence-electron chi connectivity index (χ1n) is 31.2. The summed E-state index contributed by atoms with van der Waals surface area (Å²) in [6.45, 7) is 6.37. The van der Waals surface area contributed by atoms with Gasteiger partial charge in [0.1, 0.15) is 13.2 Å². The third-order valence-electron chi connectivity index (χ3n) is 12.9. The van der Waals surface area contributed by atoms with Gasteiger partial charge in [-0.15, -0.1) is 0 Å². The molecule has 0 fully saturated rings. The van der Waals surface area contributed by atoms with Crippen LogP contribution < -0.4 is 0 Å². The van der Waals surface area contributed by atoms with Crippen LogP contribution in [0.4, 0.5) is 0 Å². The zero-order chi connectivity index (χ0) is 55.0. The van der Waals surface area contributed by atoms with Crippen molar-refractivity contribution in [1.82, 2.24) is 0 Å². The monoisotopic (exact) mass is 1050 g/mol. The molecule has 0 heterocycles. The van der Waals surface area contributed by atoms with Crippen molar-refractivity contribution in [2.45, 2.75) is 277 Å². The summed E-state index contributed by atoms with van der Waals surface area (Å²) in [7, 11) is 0. The molecule has 0 spiro atoms. The van der Waals surface area contributed by atoms with E-state index in [1.807, 2.05) is 0 Å². The van der Waals surface area contributed by atoms with E-state index in [1.165, 1.54) is 70.6 Å². The third-order valence-corrected chi connectivity index (χ3v) is 12.9. The van der Waals surface area contributed by atoms with Crippen LogP contribution in [0, 0.1) is 0 Å². The molecule has 6 nitrogen and oxygen atoms in total. The average Bonchev–Trinajstić information content (AvgIpc) is 3.42. The first-order chi connectivity index (χ1) is 37.5. The highest BCUT2D eigenvalue weighted by Gasteiger charge is 2.19. The zero-order valence-corrected chi connectivity index (χ0v) is 49.2. The Bertz CT molecular complexity index is 1630. The molecule has 0 saturated heterocycles. The molecular weight excluding hydrogens is 937 g/mol. The van der Waals surface area contributed by atoms with Gasteiger partial charge in [0.25, 0.3) is 0 Å². The smallest absolute Gasteiger partial charge is 0.306 e. The number of rotatable bonds is 55. The number of carbonyl (C=O) groups is 3. The Morgan fingerprint density at radius 1 is 0.276 bits per heavy atom. The van der Waals surface area contributed by atoms with Crippen LogP contribution in [0.5, 0.6) is 0 Å². The average molecular weight is 1050 g/mol. The summed E-state index contributed by atoms with van der Waals surface area (Å²) in [6, 6.07) is 0. The maximum Gasteiger partial charge on any atom is 0.306 e. The van der Waals surface area contributed by atoms with Crippen LogP contribution in [0.15, 0.2) is 134 Å². The van der Waals surface area contributed by atoms with Crippen molar-refractivity contribution in [2.24, 2.45) is 0 Å². The van der Waals surface area contributed by atoms with Gasteiger partial charge in [-0.3, -0.25) is 14.4 Å². The summed E-state index contributed by atoms with van der Waals surface area (Å²) >= 11 is 0. The summed E-state index contributed by atoms with van der Waals surface area (Å²) in [5.41, 5.74) is 0. The van der Waals surface area contributed by atoms with Gasteiger partial charge in [0.2, 0.25) is 0 Å². The van der Waals surface area contributed by atoms with E-state index in [4.69, 9.17) is 14.2 Å². The number of hydrogen-bond acceptors (Lipinski definition) is 6. The number of ether oxygens (including phenoxy) is 3. The SMILES string of the molecule is CC/C=C\C/C=C\C/C=C\C/C=C\C/C=C\CCCCCCCCCC(=O)OCC(COC(=O)CCCCCCC/C=C\C/C=C\CCCCCC)OC(=O)CCCCCCCC/C=C\C/C=C\C/C=C\C/C=C\CC. The molecule has 0 aromatic heterocycles. The number of unbranched alkanes of at least 4 members (excludes halogenated alkanes) is 22. The summed E-state index contributed by atoms with van der Waals surface area (Å²) < 4.78 is 16.9. The summed E-state index contributed by atoms with van der Waals surface area (Å²) in [6.07, 6.45) is 88.7. The highest BCUT2D eigenvalue weighted by atomic mass is 16.6. The van der Waals surface area contributed by atoms with Gasteiger partial charge in [-0.25, -0.2) is 0 Å². The molecule has 0 amide bonds. The van der Waals surface area contributed by atoms with Crippen LogP contribution in [0.3, 0.4) is 0 Å². The van der Waals surface area contributed by atoms with Crippen LogP contribution in [-0.4, -0.2) is 37.2 Å². The van der Waals surface area contributed by atoms with Crippen molar-refractivity contribution in [1.29, 1.82) is 0 Å². The lowest BCUT2D eigenvalue weighted by molar-refractivity contribution is -0.167. The zero-order valence-electron chi connectivity index (χ0n) is 49.2. The highest BCUT2D eigenvalue weighted by Crippen LogP contribution is 2.14. The summed E-state index contributed by atoms with van der Waals surface area (Å²) in [5.74, 6) is -0.935. The molecule has 0 aliphatic heterocycles. The van der Waals surface area contributed by atoms with Crippen molar-refractivity contribution in [3.8, 4) is 0 Å². The predicted molar refractivity (Wildman–Crippen MR) is 329 cm³/mol. The maximum atomic E-state index is 12.9. The molecule has 6 heteroatoms. The number of hydrogen-bond donors (Lipinski definition) is 0. The van der Waals surface area contributed by atoms with E-state index in [-0.39, 0.29) is 31.1 Å². The van der Waals surface area contributed by atoms with Crippen LogP contribution >= 0.6 is 0 Å². The van der Waals surface area contributed by atoms with Gasteiger partial charge in [0.15, 0.2) is 6.10 Å². The lowest BCUT2D eigenvalue weighted by atomic mass is 10.1. The van der Waals surface area contributed by atoms with Crippen LogP contribution in [-0.2, 0) is 28.6 Å². The fourth-order valence-electron chi connectivity index (χ4n) is 8.25. The minimum absolute atomic E-state index is 0.0984. The molecule has 0 N–H and O–H groups in total. The Hall–Kier alpha value is -4.45. The maximum absolute atomic E-state index is 12.9. The molecule has 0 aromatic rings. The molecule has 430 valence electrons. The van der Waals surface area contributed by atoms with Crippen molar-refractivity contribution < 1.29 is 28.6 Å². The first-order valence-corrected chi connectivity index (χ1v) is 31.2. The van der Waals surface area contributed by atoms with E-state index in [9.17, 15) is 14.4 Å². The predicted octanol–water partition coefficient (Wildman–Crippen LogP) is 21.4. The third kappa shape index (κ3) is 60.4. The van der Waals surface area contributed by atoms with Crippen LogP contribution in [0.25, 0.3) is 0 Å². The number of allylic oxidation sites excluding steroid dienone is 22. The molecule has 0 radical (unpaired) electrons. The molecule has 1 unspecified atom stereocenters. The van der Waals surface area contributed by atoms with Gasteiger partial charge in [-0.05, 0) is 135 Å². The lowest BCUT2D eigenvalue weighted by Gasteiger charge is -2.18. The largest absolute Gasteiger partial charge is 0.462 e. The highest BCUT2D eigenvalue weighted by molar-refractivity contribution is 5.71. The van der Waals surface area contributed by atoms with Gasteiger partial charge >= 0.3 is 17.9 Å². The molecule has 0 rings (SSSR count). The quantitative estimate of drug-likeness (QED) is 0.0261. The topological polar surface area (TPSA) is 78.9 Å². The molecule has 76 heavy (non-hydrogen) atoms. The minimum Gasteiger partial charge on any atom is -0.462 e. The van der Waals surface area contributed by atoms with Gasteiger partial charge < -0.3 is 14.2 Å². The second-order valence-electron chi connectivity index (χ2n) is 20.2. The normalized spacial score (nSPS) is 13.0. The Morgan fingerprint density at radius 2 is 0.513 bits per heavy atom. The van der Waals surface area contributed by atoms with E-state index in [0.717, 1.165) is 161 Å². The van der Waals surface area contributed by atoms with Crippen molar-refractivity contribution >= 4 is 17.9 Å². The van der Waals surface area contributed by atoms with Gasteiger partial charge in [0.05, 0.1) is 0 Å². The second kappa shape index (κ2) is 63.1. The van der Waals surface area contributed by atoms with E-state index in [1.54, 1.807) is 0 Å². The van der Waals surface area contributed by atoms with E-state index >= 15 is 0 Å². The Balaban J connectivity index is 4.46. The van der Waals surface area contributed by atoms with Crippen LogP contribution in [0.1, 0.15) is 271 Å². The lowest BCUT2D eigenvalue weighted by Crippen LogP contribution is -2.30. The molecule has 0 aliphatic carbocycles. The van der Waals surface area contributed by atoms with Crippen molar-refractivity contribution in [3.05, 3.63) is 134 Å². The van der Waals surface area contributed by atoms with Crippen molar-refractivity contribution in [3.63, 3.8) is 0 Å². The van der Waals surface area contributed by atoms with E-state index < -0.39 is 6.10 Å². The fourth-order valence-corrected chi connectivity index (χ4v) is 8.25. The van der Waals surface area contributed by atoms with Crippen molar-refractivity contribution in [2.75, 3.05) is 13.2 Å². The fraction of sp³-hybridized carbons (Fsp3) is 0.643. The van der Waals surface area contributed by atoms with E-state index in [2.05, 4.69) is 154 Å². The standard InChI is InChI=1S/C70H114O6/c1-4-7-10-13-16-19-22-25-28-31-33-34-35-36-38-39-42-45-48-51-54-57-60-63-69(72)75-66-67(65-74-68(71)62-59-56-53-50-47-44-41-30-27-24-21-18-15-12-9-6-3)76-70(73)64-61-58-55-52-49-46-43-40-37-32-29-26-23-20-17-14-11-8-5-2/h7-8,10-11,16-17,19-21,24-26,28-30,33-34,36-38,40-41,67H,4-6,9,12-15,18,22-23,27,31-32,35,39,42-66H2,1-3H3/b10-7-,11-8-,19-16-,20-17-,24-21-,28-25-,29-26-,34-33-,38-36-,40-37-,41-30-. The molecular formula is C70H114O6. The summed E-state index contributed by atoms with van der Waals surface area (Å²) in [4.78, 5) is 38.3. The Kier molecular flexibility index (Phi) is 59.4. The molecule has 1 atom stereocenters.